The van der Waals surface area contributed by atoms with E-state index in [1.54, 1.807) is 0 Å². The van der Waals surface area contributed by atoms with Crippen LogP contribution in [0.4, 0.5) is 0 Å². The maximum absolute atomic E-state index is 5.14. The Bertz CT molecular complexity index is 2540. The minimum atomic E-state index is 0.614. The summed E-state index contributed by atoms with van der Waals surface area (Å²) in [5, 5.41) is 10.2. The fourth-order valence-corrected chi connectivity index (χ4v) is 7.12. The molecule has 0 bridgehead atoms. The van der Waals surface area contributed by atoms with Gasteiger partial charge in [0.1, 0.15) is 0 Å². The van der Waals surface area contributed by atoms with Crippen LogP contribution in [-0.4, -0.2) is 19.5 Å². The van der Waals surface area contributed by atoms with Crippen molar-refractivity contribution >= 4 is 54.1 Å². The maximum Gasteiger partial charge on any atom is 0.238 e. The fourth-order valence-electron chi connectivity index (χ4n) is 7.12. The smallest absolute Gasteiger partial charge is 0.238 e. The predicted molar refractivity (Wildman–Crippen MR) is 177 cm³/mol. The van der Waals surface area contributed by atoms with E-state index in [0.717, 1.165) is 22.2 Å². The molecule has 2 aromatic heterocycles. The van der Waals surface area contributed by atoms with Crippen LogP contribution < -0.4 is 0 Å². The molecule has 0 fully saturated rings. The lowest BCUT2D eigenvalue weighted by molar-refractivity contribution is 0.953. The lowest BCUT2D eigenvalue weighted by atomic mass is 9.93. The van der Waals surface area contributed by atoms with Crippen LogP contribution in [-0.2, 0) is 0 Å². The summed E-state index contributed by atoms with van der Waals surface area (Å²) in [6.45, 7) is 0. The maximum atomic E-state index is 5.14. The van der Waals surface area contributed by atoms with E-state index in [-0.39, 0.29) is 0 Å². The zero-order valence-corrected chi connectivity index (χ0v) is 23.0. The molecular formula is C39H22N4. The van der Waals surface area contributed by atoms with E-state index in [2.05, 4.69) is 102 Å². The molecule has 4 nitrogen and oxygen atoms in total. The first-order valence-electron chi connectivity index (χ1n) is 14.6. The van der Waals surface area contributed by atoms with Gasteiger partial charge in [-0.2, -0.15) is 9.97 Å². The Kier molecular flexibility index (Phi) is 4.42. The predicted octanol–water partition coefficient (Wildman–Crippen LogP) is 9.74. The quantitative estimate of drug-likeness (QED) is 0.207. The topological polar surface area (TPSA) is 43.6 Å². The van der Waals surface area contributed by atoms with Gasteiger partial charge in [-0.15, -0.1) is 0 Å². The van der Waals surface area contributed by atoms with Crippen LogP contribution in [0.5, 0.6) is 0 Å². The third kappa shape index (κ3) is 3.07. The van der Waals surface area contributed by atoms with E-state index < -0.39 is 0 Å². The SMILES string of the molecule is c1ccc(-c2nc(-c3ccccc3)nc(-n3c4cccc5c4c4c6c(ccc7ccc8cccc-5c8c76)ccc43)n2)cc1. The summed E-state index contributed by atoms with van der Waals surface area (Å²) in [4.78, 5) is 15.2. The van der Waals surface area contributed by atoms with E-state index in [1.165, 1.54) is 54.2 Å². The molecule has 1 aliphatic carbocycles. The molecule has 0 saturated heterocycles. The molecule has 10 rings (SSSR count). The highest BCUT2D eigenvalue weighted by atomic mass is 15.2. The van der Waals surface area contributed by atoms with Gasteiger partial charge in [-0.1, -0.05) is 121 Å². The third-order valence-corrected chi connectivity index (χ3v) is 8.94. The van der Waals surface area contributed by atoms with Crippen molar-refractivity contribution in [2.45, 2.75) is 0 Å². The Morgan fingerprint density at radius 3 is 1.51 bits per heavy atom. The average Bonchev–Trinajstić information content (AvgIpc) is 3.36. The second kappa shape index (κ2) is 8.34. The summed E-state index contributed by atoms with van der Waals surface area (Å²) in [7, 11) is 0. The van der Waals surface area contributed by atoms with E-state index in [1.807, 2.05) is 36.4 Å². The molecule has 4 heteroatoms. The number of hydrogen-bond donors (Lipinski definition) is 0. The number of aromatic nitrogens is 4. The van der Waals surface area contributed by atoms with Gasteiger partial charge >= 0.3 is 0 Å². The molecule has 0 atom stereocenters. The van der Waals surface area contributed by atoms with Crippen molar-refractivity contribution < 1.29 is 0 Å². The zero-order valence-electron chi connectivity index (χ0n) is 23.0. The van der Waals surface area contributed by atoms with Gasteiger partial charge in [0.05, 0.1) is 11.0 Å². The van der Waals surface area contributed by atoms with Crippen molar-refractivity contribution in [3.05, 3.63) is 133 Å². The molecule has 0 unspecified atom stereocenters. The fraction of sp³-hybridized carbons (Fsp3) is 0. The molecule has 0 amide bonds. The second-order valence-electron chi connectivity index (χ2n) is 11.2. The zero-order chi connectivity index (χ0) is 28.1. The van der Waals surface area contributed by atoms with Crippen LogP contribution in [0, 0.1) is 0 Å². The molecule has 43 heavy (non-hydrogen) atoms. The third-order valence-electron chi connectivity index (χ3n) is 8.94. The van der Waals surface area contributed by atoms with E-state index in [4.69, 9.17) is 15.0 Å². The van der Waals surface area contributed by atoms with Gasteiger partial charge in [0.2, 0.25) is 5.95 Å². The van der Waals surface area contributed by atoms with Crippen LogP contribution in [0.3, 0.4) is 0 Å². The van der Waals surface area contributed by atoms with E-state index >= 15 is 0 Å². The van der Waals surface area contributed by atoms with Gasteiger partial charge in [0.25, 0.3) is 0 Å². The Morgan fingerprint density at radius 2 is 0.860 bits per heavy atom. The van der Waals surface area contributed by atoms with Crippen molar-refractivity contribution in [1.29, 1.82) is 0 Å². The monoisotopic (exact) mass is 546 g/mol. The molecule has 0 N–H and O–H groups in total. The summed E-state index contributed by atoms with van der Waals surface area (Å²) in [6.07, 6.45) is 0. The Balaban J connectivity index is 1.41. The van der Waals surface area contributed by atoms with Gasteiger partial charge in [-0.05, 0) is 50.2 Å². The lowest BCUT2D eigenvalue weighted by Gasteiger charge is -2.14. The largest absolute Gasteiger partial charge is 0.278 e. The van der Waals surface area contributed by atoms with E-state index in [9.17, 15) is 0 Å². The number of nitrogens with zero attached hydrogens (tertiary/aromatic N) is 4. The summed E-state index contributed by atoms with van der Waals surface area (Å²) in [5.74, 6) is 1.92. The number of rotatable bonds is 3. The van der Waals surface area contributed by atoms with Crippen LogP contribution in [0.1, 0.15) is 0 Å². The average molecular weight is 547 g/mol. The molecule has 0 radical (unpaired) electrons. The minimum Gasteiger partial charge on any atom is -0.278 e. The molecule has 0 spiro atoms. The van der Waals surface area contributed by atoms with Gasteiger partial charge < -0.3 is 0 Å². The number of benzene rings is 7. The van der Waals surface area contributed by atoms with Crippen molar-refractivity contribution in [2.75, 3.05) is 0 Å². The molecule has 9 aromatic rings. The Hall–Kier alpha value is -5.87. The van der Waals surface area contributed by atoms with Gasteiger partial charge in [-0.25, -0.2) is 4.98 Å². The summed E-state index contributed by atoms with van der Waals surface area (Å²) in [5.41, 5.74) is 6.60. The number of hydrogen-bond acceptors (Lipinski definition) is 3. The Labute approximate surface area is 246 Å². The second-order valence-corrected chi connectivity index (χ2v) is 11.2. The highest BCUT2D eigenvalue weighted by Crippen LogP contribution is 2.49. The molecule has 2 heterocycles. The van der Waals surface area contributed by atoms with Crippen molar-refractivity contribution in [1.82, 2.24) is 19.5 Å². The molecule has 1 aliphatic rings. The molecular weight excluding hydrogens is 524 g/mol. The first-order valence-corrected chi connectivity index (χ1v) is 14.6. The standard InChI is InChI=1S/C39H22N4/c1-3-9-26(10-4-1)37-40-38(27-11-5-2-6-12-27)42-39(41-37)43-30-16-8-15-29-28-14-7-13-23-17-18-24-19-20-25-21-22-31(43)36(35(29)30)34(25)33(24)32(23)28/h1-22H. The van der Waals surface area contributed by atoms with Crippen LogP contribution in [0.2, 0.25) is 0 Å². The van der Waals surface area contributed by atoms with Crippen molar-refractivity contribution in [3.8, 4) is 39.9 Å². The summed E-state index contributed by atoms with van der Waals surface area (Å²) in [6, 6.07) is 47.2. The van der Waals surface area contributed by atoms with Gasteiger partial charge in [0.15, 0.2) is 11.6 Å². The summed E-state index contributed by atoms with van der Waals surface area (Å²) < 4.78 is 2.24. The normalized spacial score (nSPS) is 12.2. The van der Waals surface area contributed by atoms with Gasteiger partial charge in [-0.3, -0.25) is 4.57 Å². The minimum absolute atomic E-state index is 0.614. The lowest BCUT2D eigenvalue weighted by Crippen LogP contribution is -2.06. The van der Waals surface area contributed by atoms with Crippen LogP contribution in [0.15, 0.2) is 133 Å². The van der Waals surface area contributed by atoms with E-state index in [0.29, 0.717) is 17.6 Å². The molecule has 7 aromatic carbocycles. The van der Waals surface area contributed by atoms with Crippen LogP contribution in [0.25, 0.3) is 94.0 Å². The van der Waals surface area contributed by atoms with Crippen molar-refractivity contribution in [2.24, 2.45) is 0 Å². The van der Waals surface area contributed by atoms with Gasteiger partial charge in [0, 0.05) is 27.3 Å². The summed E-state index contributed by atoms with van der Waals surface area (Å²) >= 11 is 0. The highest BCUT2D eigenvalue weighted by Gasteiger charge is 2.25. The molecule has 0 aliphatic heterocycles. The first-order chi connectivity index (χ1) is 21.3. The van der Waals surface area contributed by atoms with Crippen LogP contribution >= 0.6 is 0 Å². The Morgan fingerprint density at radius 1 is 0.349 bits per heavy atom. The number of fused-ring (bicyclic) bond motifs is 1. The first kappa shape index (κ1) is 22.8. The van der Waals surface area contributed by atoms with Crippen molar-refractivity contribution in [3.63, 3.8) is 0 Å². The highest BCUT2D eigenvalue weighted by molar-refractivity contribution is 6.38. The molecule has 198 valence electrons. The molecule has 0 saturated carbocycles.